The van der Waals surface area contributed by atoms with Crippen LogP contribution >= 0.6 is 0 Å². The first-order valence-electron chi connectivity index (χ1n) is 6.97. The molecule has 106 valence electrons. The molecular weight excluding hydrogens is 248 g/mol. The summed E-state index contributed by atoms with van der Waals surface area (Å²) in [4.78, 5) is 4.28. The fourth-order valence-corrected chi connectivity index (χ4v) is 2.20. The zero-order valence-electron chi connectivity index (χ0n) is 12.6. The highest BCUT2D eigenvalue weighted by molar-refractivity contribution is 5.38. The van der Waals surface area contributed by atoms with Crippen LogP contribution in [0.4, 0.5) is 0 Å². The number of aryl methyl sites for hydroxylation is 1. The van der Waals surface area contributed by atoms with Crippen molar-refractivity contribution in [2.45, 2.75) is 39.7 Å². The predicted octanol–water partition coefficient (Wildman–Crippen LogP) is 4.33. The van der Waals surface area contributed by atoms with E-state index in [9.17, 15) is 0 Å². The summed E-state index contributed by atoms with van der Waals surface area (Å²) in [5.74, 6) is 1.92. The van der Waals surface area contributed by atoms with E-state index in [2.05, 4.69) is 37.9 Å². The smallest absolute Gasteiger partial charge is 0.219 e. The summed E-state index contributed by atoms with van der Waals surface area (Å²) in [6.07, 6.45) is 1.76. The molecule has 1 aromatic carbocycles. The van der Waals surface area contributed by atoms with Gasteiger partial charge in [-0.15, -0.1) is 0 Å². The Bertz CT molecular complexity index is 574. The maximum atomic E-state index is 5.80. The highest BCUT2D eigenvalue weighted by Crippen LogP contribution is 2.26. The molecule has 0 aliphatic carbocycles. The number of rotatable bonds is 4. The van der Waals surface area contributed by atoms with Gasteiger partial charge in [0.1, 0.15) is 5.75 Å². The second-order valence-corrected chi connectivity index (χ2v) is 5.49. The van der Waals surface area contributed by atoms with Gasteiger partial charge in [-0.1, -0.05) is 26.0 Å². The molecule has 0 saturated carbocycles. The topological polar surface area (TPSA) is 48.1 Å². The third-order valence-corrected chi connectivity index (χ3v) is 3.37. The van der Waals surface area contributed by atoms with Crippen molar-refractivity contribution in [3.8, 4) is 11.6 Å². The molecule has 0 amide bonds. The zero-order valence-corrected chi connectivity index (χ0v) is 12.6. The Hall–Kier alpha value is -1.87. The highest BCUT2D eigenvalue weighted by atomic mass is 16.5. The van der Waals surface area contributed by atoms with Crippen molar-refractivity contribution in [3.05, 3.63) is 53.2 Å². The van der Waals surface area contributed by atoms with Gasteiger partial charge in [0.05, 0.1) is 0 Å². The van der Waals surface area contributed by atoms with Crippen molar-refractivity contribution in [2.24, 2.45) is 5.73 Å². The molecule has 0 bridgehead atoms. The molecule has 20 heavy (non-hydrogen) atoms. The molecule has 0 saturated heterocycles. The Kier molecular flexibility index (Phi) is 4.40. The minimum atomic E-state index is -0.0101. The average Bonchev–Trinajstić information content (AvgIpc) is 2.39. The number of aromatic nitrogens is 1. The molecule has 0 fully saturated rings. The van der Waals surface area contributed by atoms with Crippen molar-refractivity contribution in [2.75, 3.05) is 0 Å². The SMILES string of the molecule is Cc1cc(Oc2ccc(C(C)N)cn2)ccc1C(C)C. The molecule has 1 unspecified atom stereocenters. The van der Waals surface area contributed by atoms with E-state index in [0.29, 0.717) is 11.8 Å². The van der Waals surface area contributed by atoms with Crippen LogP contribution in [0.15, 0.2) is 36.5 Å². The average molecular weight is 270 g/mol. The molecule has 0 aliphatic heterocycles. The first-order chi connectivity index (χ1) is 9.47. The Morgan fingerprint density at radius 3 is 2.35 bits per heavy atom. The zero-order chi connectivity index (χ0) is 14.7. The van der Waals surface area contributed by atoms with Crippen LogP contribution in [0.25, 0.3) is 0 Å². The predicted molar refractivity (Wildman–Crippen MR) is 82.2 cm³/mol. The molecule has 0 spiro atoms. The molecule has 2 N–H and O–H groups in total. The van der Waals surface area contributed by atoms with E-state index in [1.165, 1.54) is 11.1 Å². The summed E-state index contributed by atoms with van der Waals surface area (Å²) in [7, 11) is 0. The van der Waals surface area contributed by atoms with Crippen LogP contribution in [0, 0.1) is 6.92 Å². The van der Waals surface area contributed by atoms with E-state index in [-0.39, 0.29) is 6.04 Å². The summed E-state index contributed by atoms with van der Waals surface area (Å²) >= 11 is 0. The summed E-state index contributed by atoms with van der Waals surface area (Å²) in [6.45, 7) is 8.43. The third-order valence-electron chi connectivity index (χ3n) is 3.37. The van der Waals surface area contributed by atoms with Crippen LogP contribution in [0.1, 0.15) is 49.4 Å². The number of hydrogen-bond acceptors (Lipinski definition) is 3. The maximum absolute atomic E-state index is 5.80. The lowest BCUT2D eigenvalue weighted by atomic mass is 9.98. The Morgan fingerprint density at radius 1 is 1.10 bits per heavy atom. The maximum Gasteiger partial charge on any atom is 0.219 e. The minimum absolute atomic E-state index is 0.0101. The first-order valence-corrected chi connectivity index (χ1v) is 6.97. The molecule has 1 aromatic heterocycles. The van der Waals surface area contributed by atoms with Crippen LogP contribution in [0.3, 0.4) is 0 Å². The van der Waals surface area contributed by atoms with Gasteiger partial charge in [-0.3, -0.25) is 0 Å². The van der Waals surface area contributed by atoms with Crippen molar-refractivity contribution < 1.29 is 4.74 Å². The Morgan fingerprint density at radius 2 is 1.85 bits per heavy atom. The molecule has 3 nitrogen and oxygen atoms in total. The van der Waals surface area contributed by atoms with Gasteiger partial charge in [0.15, 0.2) is 0 Å². The Balaban J connectivity index is 2.15. The van der Waals surface area contributed by atoms with Crippen LogP contribution in [-0.4, -0.2) is 4.98 Å². The van der Waals surface area contributed by atoms with Crippen LogP contribution in [0.2, 0.25) is 0 Å². The van der Waals surface area contributed by atoms with Crippen LogP contribution in [-0.2, 0) is 0 Å². The minimum Gasteiger partial charge on any atom is -0.439 e. The van der Waals surface area contributed by atoms with E-state index in [1.807, 2.05) is 25.1 Å². The molecular formula is C17H22N2O. The summed E-state index contributed by atoms with van der Waals surface area (Å²) in [5, 5.41) is 0. The molecule has 2 rings (SSSR count). The fourth-order valence-electron chi connectivity index (χ4n) is 2.20. The lowest BCUT2D eigenvalue weighted by Gasteiger charge is -2.12. The summed E-state index contributed by atoms with van der Waals surface area (Å²) in [6, 6.07) is 9.95. The number of ether oxygens (including phenoxy) is 1. The third kappa shape index (κ3) is 3.36. The Labute approximate surface area is 120 Å². The molecule has 2 aromatic rings. The van der Waals surface area contributed by atoms with E-state index in [4.69, 9.17) is 10.5 Å². The van der Waals surface area contributed by atoms with E-state index < -0.39 is 0 Å². The quantitative estimate of drug-likeness (QED) is 0.899. The summed E-state index contributed by atoms with van der Waals surface area (Å²) < 4.78 is 5.78. The number of hydrogen-bond donors (Lipinski definition) is 1. The van der Waals surface area contributed by atoms with Gasteiger partial charge in [0.25, 0.3) is 0 Å². The van der Waals surface area contributed by atoms with Gasteiger partial charge in [-0.05, 0) is 48.6 Å². The van der Waals surface area contributed by atoms with E-state index in [1.54, 1.807) is 6.20 Å². The highest BCUT2D eigenvalue weighted by Gasteiger charge is 2.06. The van der Waals surface area contributed by atoms with Gasteiger partial charge in [0, 0.05) is 18.3 Å². The number of nitrogens with zero attached hydrogens (tertiary/aromatic N) is 1. The van der Waals surface area contributed by atoms with Gasteiger partial charge >= 0.3 is 0 Å². The van der Waals surface area contributed by atoms with E-state index in [0.717, 1.165) is 11.3 Å². The van der Waals surface area contributed by atoms with Crippen molar-refractivity contribution in [1.29, 1.82) is 0 Å². The van der Waals surface area contributed by atoms with Gasteiger partial charge in [-0.2, -0.15) is 0 Å². The molecule has 3 heteroatoms. The van der Waals surface area contributed by atoms with Gasteiger partial charge in [-0.25, -0.2) is 4.98 Å². The molecule has 0 aliphatic rings. The molecule has 0 radical (unpaired) electrons. The molecule has 1 heterocycles. The number of benzene rings is 1. The van der Waals surface area contributed by atoms with Crippen LogP contribution < -0.4 is 10.5 Å². The lowest BCUT2D eigenvalue weighted by Crippen LogP contribution is -2.05. The normalized spacial score (nSPS) is 12.5. The number of nitrogens with two attached hydrogens (primary N) is 1. The lowest BCUT2D eigenvalue weighted by molar-refractivity contribution is 0.461. The number of pyridine rings is 1. The monoisotopic (exact) mass is 270 g/mol. The van der Waals surface area contributed by atoms with Crippen molar-refractivity contribution >= 4 is 0 Å². The fraction of sp³-hybridized carbons (Fsp3) is 0.353. The van der Waals surface area contributed by atoms with Crippen molar-refractivity contribution in [3.63, 3.8) is 0 Å². The van der Waals surface area contributed by atoms with Gasteiger partial charge in [0.2, 0.25) is 5.88 Å². The standard InChI is InChI=1S/C17H22N2O/c1-11(2)16-7-6-15(9-12(16)3)20-17-8-5-14(10-19-17)13(4)18/h5-11,13H,18H2,1-4H3. The van der Waals surface area contributed by atoms with E-state index >= 15 is 0 Å². The van der Waals surface area contributed by atoms with Crippen molar-refractivity contribution in [1.82, 2.24) is 4.98 Å². The second kappa shape index (κ2) is 6.06. The first kappa shape index (κ1) is 14.5. The van der Waals surface area contributed by atoms with Gasteiger partial charge < -0.3 is 10.5 Å². The van der Waals surface area contributed by atoms with Crippen LogP contribution in [0.5, 0.6) is 11.6 Å². The largest absolute Gasteiger partial charge is 0.439 e. The molecule has 1 atom stereocenters. The summed E-state index contributed by atoms with van der Waals surface area (Å²) in [5.41, 5.74) is 9.39. The second-order valence-electron chi connectivity index (χ2n) is 5.49.